The first-order valence-corrected chi connectivity index (χ1v) is 7.43. The van der Waals surface area contributed by atoms with Gasteiger partial charge in [0.2, 0.25) is 0 Å². The molecule has 1 N–H and O–H groups in total. The third-order valence-corrected chi connectivity index (χ3v) is 4.24. The number of rotatable bonds is 2. The fourth-order valence-corrected chi connectivity index (χ4v) is 3.06. The Morgan fingerprint density at radius 1 is 1.25 bits per heavy atom. The Morgan fingerprint density at radius 2 is 1.95 bits per heavy atom. The van der Waals surface area contributed by atoms with Crippen LogP contribution in [-0.4, -0.2) is 11.2 Å². The zero-order valence-electron chi connectivity index (χ0n) is 12.7. The highest BCUT2D eigenvalue weighted by molar-refractivity contribution is 5.35. The molecule has 1 heteroatoms. The predicted molar refractivity (Wildman–Crippen MR) is 84.3 cm³/mol. The van der Waals surface area contributed by atoms with Crippen molar-refractivity contribution in [1.29, 1.82) is 0 Å². The summed E-state index contributed by atoms with van der Waals surface area (Å²) in [5, 5.41) is 10.2. The average Bonchev–Trinajstić information content (AvgIpc) is 2.42. The molecule has 1 aromatic rings. The van der Waals surface area contributed by atoms with Crippen LogP contribution < -0.4 is 0 Å². The SMILES string of the molecule is CC1=C(CC(O)C#Cc2ccccc2)C(C)(C)CCC1. The van der Waals surface area contributed by atoms with Gasteiger partial charge in [0, 0.05) is 12.0 Å². The molecule has 0 saturated carbocycles. The molecular weight excluding hydrogens is 244 g/mol. The maximum atomic E-state index is 10.2. The van der Waals surface area contributed by atoms with Crippen molar-refractivity contribution in [1.82, 2.24) is 0 Å². The van der Waals surface area contributed by atoms with Crippen LogP contribution in [0.4, 0.5) is 0 Å². The average molecular weight is 268 g/mol. The Morgan fingerprint density at radius 3 is 2.60 bits per heavy atom. The lowest BCUT2D eigenvalue weighted by Gasteiger charge is -2.35. The van der Waals surface area contributed by atoms with Crippen LogP contribution in [0, 0.1) is 17.3 Å². The normalized spacial score (nSPS) is 19.2. The van der Waals surface area contributed by atoms with Crippen LogP contribution in [-0.2, 0) is 0 Å². The van der Waals surface area contributed by atoms with Crippen LogP contribution in [0.3, 0.4) is 0 Å². The molecule has 0 heterocycles. The van der Waals surface area contributed by atoms with Gasteiger partial charge in [0.05, 0.1) is 0 Å². The van der Waals surface area contributed by atoms with Gasteiger partial charge >= 0.3 is 0 Å². The highest BCUT2D eigenvalue weighted by Crippen LogP contribution is 2.42. The van der Waals surface area contributed by atoms with E-state index in [1.165, 1.54) is 24.0 Å². The van der Waals surface area contributed by atoms with Gasteiger partial charge in [-0.3, -0.25) is 0 Å². The van der Waals surface area contributed by atoms with E-state index in [4.69, 9.17) is 0 Å². The first kappa shape index (κ1) is 14.9. The standard InChI is InChI=1S/C19H24O/c1-15-8-7-13-19(2,3)18(15)14-17(20)12-11-16-9-5-4-6-10-16/h4-6,9-10,17,20H,7-8,13-14H2,1-3H3. The number of allylic oxidation sites excluding steroid dienone is 1. The van der Waals surface area contributed by atoms with Crippen LogP contribution in [0.5, 0.6) is 0 Å². The molecule has 1 aliphatic carbocycles. The van der Waals surface area contributed by atoms with Gasteiger partial charge in [-0.05, 0) is 43.7 Å². The van der Waals surface area contributed by atoms with Crippen molar-refractivity contribution in [2.45, 2.75) is 52.6 Å². The third-order valence-electron chi connectivity index (χ3n) is 4.24. The van der Waals surface area contributed by atoms with Crippen LogP contribution in [0.25, 0.3) is 0 Å². The topological polar surface area (TPSA) is 20.2 Å². The largest absolute Gasteiger partial charge is 0.380 e. The van der Waals surface area contributed by atoms with Crippen LogP contribution in [0.1, 0.15) is 52.0 Å². The summed E-state index contributed by atoms with van der Waals surface area (Å²) < 4.78 is 0. The quantitative estimate of drug-likeness (QED) is 0.626. The molecule has 0 radical (unpaired) electrons. The van der Waals surface area contributed by atoms with Gasteiger partial charge in [-0.2, -0.15) is 0 Å². The van der Waals surface area contributed by atoms with Gasteiger partial charge in [0.15, 0.2) is 0 Å². The van der Waals surface area contributed by atoms with Crippen molar-refractivity contribution in [3.8, 4) is 11.8 Å². The van der Waals surface area contributed by atoms with E-state index in [1.54, 1.807) is 0 Å². The van der Waals surface area contributed by atoms with Crippen molar-refractivity contribution in [2.24, 2.45) is 5.41 Å². The zero-order chi connectivity index (χ0) is 14.6. The van der Waals surface area contributed by atoms with E-state index in [9.17, 15) is 5.11 Å². The molecule has 1 atom stereocenters. The van der Waals surface area contributed by atoms with Gasteiger partial charge in [-0.15, -0.1) is 0 Å². The molecule has 20 heavy (non-hydrogen) atoms. The fourth-order valence-electron chi connectivity index (χ4n) is 3.06. The summed E-state index contributed by atoms with van der Waals surface area (Å²) in [5.41, 5.74) is 4.01. The summed E-state index contributed by atoms with van der Waals surface area (Å²) in [4.78, 5) is 0. The number of aliphatic hydroxyl groups is 1. The second-order valence-electron chi connectivity index (χ2n) is 6.35. The van der Waals surface area contributed by atoms with Crippen molar-refractivity contribution in [3.05, 3.63) is 47.0 Å². The number of benzene rings is 1. The minimum Gasteiger partial charge on any atom is -0.380 e. The molecule has 0 aliphatic heterocycles. The Kier molecular flexibility index (Phi) is 4.68. The summed E-state index contributed by atoms with van der Waals surface area (Å²) in [6.45, 7) is 6.76. The molecule has 0 aromatic heterocycles. The third kappa shape index (κ3) is 3.74. The summed E-state index contributed by atoms with van der Waals surface area (Å²) >= 11 is 0. The molecule has 106 valence electrons. The first-order chi connectivity index (χ1) is 9.49. The Bertz CT molecular complexity index is 540. The molecule has 0 saturated heterocycles. The molecular formula is C19H24O. The van der Waals surface area contributed by atoms with Crippen molar-refractivity contribution >= 4 is 0 Å². The maximum absolute atomic E-state index is 10.2. The number of hydrogen-bond donors (Lipinski definition) is 1. The van der Waals surface area contributed by atoms with E-state index in [-0.39, 0.29) is 5.41 Å². The van der Waals surface area contributed by atoms with E-state index >= 15 is 0 Å². The maximum Gasteiger partial charge on any atom is 0.118 e. The molecule has 1 nitrogen and oxygen atoms in total. The van der Waals surface area contributed by atoms with Crippen molar-refractivity contribution < 1.29 is 5.11 Å². The monoisotopic (exact) mass is 268 g/mol. The molecule has 0 fully saturated rings. The second-order valence-corrected chi connectivity index (χ2v) is 6.35. The van der Waals surface area contributed by atoms with E-state index in [2.05, 4.69) is 32.6 Å². The number of aliphatic hydroxyl groups excluding tert-OH is 1. The van der Waals surface area contributed by atoms with Gasteiger partial charge in [0.25, 0.3) is 0 Å². The second kappa shape index (κ2) is 6.29. The molecule has 2 rings (SSSR count). The zero-order valence-corrected chi connectivity index (χ0v) is 12.7. The number of hydrogen-bond acceptors (Lipinski definition) is 1. The minimum absolute atomic E-state index is 0.206. The fraction of sp³-hybridized carbons (Fsp3) is 0.474. The van der Waals surface area contributed by atoms with E-state index < -0.39 is 6.10 Å². The van der Waals surface area contributed by atoms with Gasteiger partial charge in [-0.25, -0.2) is 0 Å². The molecule has 0 bridgehead atoms. The van der Waals surface area contributed by atoms with Gasteiger partial charge in [0.1, 0.15) is 6.10 Å². The Hall–Kier alpha value is -1.52. The lowest BCUT2D eigenvalue weighted by atomic mass is 9.71. The minimum atomic E-state index is -0.572. The highest BCUT2D eigenvalue weighted by atomic mass is 16.3. The summed E-state index contributed by atoms with van der Waals surface area (Å²) in [5.74, 6) is 6.03. The summed E-state index contributed by atoms with van der Waals surface area (Å²) in [6, 6.07) is 9.84. The summed E-state index contributed by atoms with van der Waals surface area (Å²) in [6.07, 6.45) is 3.74. The van der Waals surface area contributed by atoms with Crippen LogP contribution in [0.2, 0.25) is 0 Å². The lowest BCUT2D eigenvalue weighted by Crippen LogP contribution is -2.23. The Labute approximate surface area is 122 Å². The smallest absolute Gasteiger partial charge is 0.118 e. The van der Waals surface area contributed by atoms with Gasteiger partial charge < -0.3 is 5.11 Å². The van der Waals surface area contributed by atoms with Gasteiger partial charge in [-0.1, -0.05) is 55.0 Å². The molecule has 0 amide bonds. The predicted octanol–water partition coefficient (Wildman–Crippen LogP) is 4.32. The van der Waals surface area contributed by atoms with Crippen molar-refractivity contribution in [3.63, 3.8) is 0 Å². The van der Waals surface area contributed by atoms with E-state index in [0.717, 1.165) is 12.0 Å². The lowest BCUT2D eigenvalue weighted by molar-refractivity contribution is 0.216. The van der Waals surface area contributed by atoms with Crippen LogP contribution >= 0.6 is 0 Å². The summed E-state index contributed by atoms with van der Waals surface area (Å²) in [7, 11) is 0. The molecule has 0 spiro atoms. The first-order valence-electron chi connectivity index (χ1n) is 7.43. The van der Waals surface area contributed by atoms with E-state index in [1.807, 2.05) is 30.3 Å². The molecule has 1 aliphatic rings. The molecule has 1 aromatic carbocycles. The van der Waals surface area contributed by atoms with Crippen LogP contribution in [0.15, 0.2) is 41.5 Å². The van der Waals surface area contributed by atoms with E-state index in [0.29, 0.717) is 6.42 Å². The van der Waals surface area contributed by atoms with Crippen molar-refractivity contribution in [2.75, 3.05) is 0 Å². The molecule has 1 unspecified atom stereocenters. The highest BCUT2D eigenvalue weighted by Gasteiger charge is 2.29. The Balaban J connectivity index is 2.08.